The fraction of sp³-hybridized carbons (Fsp3) is 0.375. The highest BCUT2D eigenvalue weighted by Gasteiger charge is 2.36. The summed E-state index contributed by atoms with van der Waals surface area (Å²) in [6, 6.07) is 13.0. The second-order valence-electron chi connectivity index (χ2n) is 8.20. The Bertz CT molecular complexity index is 988. The summed E-state index contributed by atoms with van der Waals surface area (Å²) < 4.78 is 14.1. The SMILES string of the molecule is O=C(NC1CCCCC1)c1ccccc1NC(=O)[C@@H]1CC(=O)N(c2ccccc2F)C1. The lowest BCUT2D eigenvalue weighted by atomic mass is 9.95. The minimum atomic E-state index is -0.624. The van der Waals surface area contributed by atoms with E-state index in [9.17, 15) is 18.8 Å². The van der Waals surface area contributed by atoms with Crippen molar-refractivity contribution in [3.63, 3.8) is 0 Å². The van der Waals surface area contributed by atoms with Crippen molar-refractivity contribution in [3.05, 3.63) is 59.9 Å². The molecule has 1 heterocycles. The van der Waals surface area contributed by atoms with Gasteiger partial charge in [0.25, 0.3) is 5.91 Å². The summed E-state index contributed by atoms with van der Waals surface area (Å²) in [5.74, 6) is -1.99. The fourth-order valence-electron chi connectivity index (χ4n) is 4.32. The summed E-state index contributed by atoms with van der Waals surface area (Å²) in [6.45, 7) is 0.0992. The third-order valence-electron chi connectivity index (χ3n) is 6.01. The predicted octanol–water partition coefficient (Wildman–Crippen LogP) is 3.88. The number of benzene rings is 2. The van der Waals surface area contributed by atoms with E-state index in [1.54, 1.807) is 36.4 Å². The third kappa shape index (κ3) is 4.76. The molecule has 1 atom stereocenters. The van der Waals surface area contributed by atoms with Crippen LogP contribution in [-0.2, 0) is 9.59 Å². The number of carbonyl (C=O) groups is 3. The van der Waals surface area contributed by atoms with E-state index in [4.69, 9.17) is 0 Å². The molecule has 0 bridgehead atoms. The Kier molecular flexibility index (Phi) is 6.30. The highest BCUT2D eigenvalue weighted by Crippen LogP contribution is 2.28. The van der Waals surface area contributed by atoms with Crippen LogP contribution < -0.4 is 15.5 Å². The van der Waals surface area contributed by atoms with Crippen LogP contribution in [0.15, 0.2) is 48.5 Å². The van der Waals surface area contributed by atoms with Crippen LogP contribution in [0.3, 0.4) is 0 Å². The van der Waals surface area contributed by atoms with Crippen molar-refractivity contribution in [1.82, 2.24) is 5.32 Å². The molecule has 1 saturated carbocycles. The summed E-state index contributed by atoms with van der Waals surface area (Å²) in [7, 11) is 0. The van der Waals surface area contributed by atoms with Crippen molar-refractivity contribution < 1.29 is 18.8 Å². The quantitative estimate of drug-likeness (QED) is 0.766. The molecule has 2 fully saturated rings. The van der Waals surface area contributed by atoms with Crippen molar-refractivity contribution >= 4 is 29.1 Å². The van der Waals surface area contributed by atoms with Crippen molar-refractivity contribution in [1.29, 1.82) is 0 Å². The van der Waals surface area contributed by atoms with E-state index >= 15 is 0 Å². The Morgan fingerprint density at radius 1 is 0.968 bits per heavy atom. The monoisotopic (exact) mass is 423 g/mol. The van der Waals surface area contributed by atoms with Crippen LogP contribution >= 0.6 is 0 Å². The van der Waals surface area contributed by atoms with Crippen LogP contribution in [0.4, 0.5) is 15.8 Å². The lowest BCUT2D eigenvalue weighted by Gasteiger charge is -2.23. The molecule has 1 saturated heterocycles. The molecular formula is C24H26FN3O3. The van der Waals surface area contributed by atoms with Gasteiger partial charge >= 0.3 is 0 Å². The van der Waals surface area contributed by atoms with Crippen molar-refractivity contribution in [2.45, 2.75) is 44.6 Å². The topological polar surface area (TPSA) is 78.5 Å². The zero-order chi connectivity index (χ0) is 21.8. The lowest BCUT2D eigenvalue weighted by Crippen LogP contribution is -2.36. The molecule has 0 unspecified atom stereocenters. The maximum absolute atomic E-state index is 14.1. The van der Waals surface area contributed by atoms with Crippen LogP contribution in [0.2, 0.25) is 0 Å². The van der Waals surface area contributed by atoms with E-state index < -0.39 is 11.7 Å². The third-order valence-corrected chi connectivity index (χ3v) is 6.01. The van der Waals surface area contributed by atoms with Gasteiger partial charge in [0.1, 0.15) is 5.82 Å². The standard InChI is InChI=1S/C24H26FN3O3/c25-19-11-5-7-13-21(19)28-15-16(14-22(28)29)23(30)27-20-12-6-4-10-18(20)24(31)26-17-8-2-1-3-9-17/h4-7,10-13,16-17H,1-3,8-9,14-15H2,(H,26,31)(H,27,30)/t16-/m1/s1. The fourth-order valence-corrected chi connectivity index (χ4v) is 4.32. The van der Waals surface area contributed by atoms with Crippen LogP contribution in [0, 0.1) is 11.7 Å². The Balaban J connectivity index is 1.44. The van der Waals surface area contributed by atoms with E-state index in [-0.39, 0.29) is 42.4 Å². The summed E-state index contributed by atoms with van der Waals surface area (Å²) in [5.41, 5.74) is 0.990. The first kappa shape index (κ1) is 21.0. The first-order valence-corrected chi connectivity index (χ1v) is 10.8. The summed E-state index contributed by atoms with van der Waals surface area (Å²) in [4.78, 5) is 39.4. The predicted molar refractivity (Wildman–Crippen MR) is 116 cm³/mol. The number of hydrogen-bond acceptors (Lipinski definition) is 3. The van der Waals surface area contributed by atoms with Crippen LogP contribution in [0.25, 0.3) is 0 Å². The van der Waals surface area contributed by atoms with Gasteiger partial charge in [-0.1, -0.05) is 43.5 Å². The number of rotatable bonds is 5. The van der Waals surface area contributed by atoms with Crippen LogP contribution in [0.1, 0.15) is 48.9 Å². The van der Waals surface area contributed by atoms with Crippen molar-refractivity contribution in [3.8, 4) is 0 Å². The molecule has 6 nitrogen and oxygen atoms in total. The second-order valence-corrected chi connectivity index (χ2v) is 8.20. The van der Waals surface area contributed by atoms with Gasteiger partial charge in [-0.05, 0) is 37.1 Å². The molecule has 0 aromatic heterocycles. The zero-order valence-electron chi connectivity index (χ0n) is 17.3. The molecule has 7 heteroatoms. The average molecular weight is 423 g/mol. The van der Waals surface area contributed by atoms with E-state index in [0.29, 0.717) is 11.3 Å². The number of amides is 3. The van der Waals surface area contributed by atoms with Crippen LogP contribution in [-0.4, -0.2) is 30.3 Å². The summed E-state index contributed by atoms with van der Waals surface area (Å²) in [5, 5.41) is 5.87. The van der Waals surface area contributed by atoms with Gasteiger partial charge in [-0.25, -0.2) is 4.39 Å². The Morgan fingerprint density at radius 3 is 2.45 bits per heavy atom. The summed E-state index contributed by atoms with van der Waals surface area (Å²) in [6.07, 6.45) is 5.35. The molecule has 31 heavy (non-hydrogen) atoms. The van der Waals surface area contributed by atoms with E-state index in [0.717, 1.165) is 25.7 Å². The average Bonchev–Trinajstić information content (AvgIpc) is 3.16. The van der Waals surface area contributed by atoms with Gasteiger partial charge in [0.05, 0.1) is 22.9 Å². The Morgan fingerprint density at radius 2 is 1.68 bits per heavy atom. The number of nitrogens with zero attached hydrogens (tertiary/aromatic N) is 1. The van der Waals surface area contributed by atoms with Crippen LogP contribution in [0.5, 0.6) is 0 Å². The van der Waals surface area contributed by atoms with Gasteiger partial charge in [-0.3, -0.25) is 14.4 Å². The minimum Gasteiger partial charge on any atom is -0.349 e. The van der Waals surface area contributed by atoms with Gasteiger partial charge in [0, 0.05) is 19.0 Å². The molecule has 4 rings (SSSR count). The van der Waals surface area contributed by atoms with E-state index in [1.807, 2.05) is 0 Å². The Labute approximate surface area is 180 Å². The minimum absolute atomic E-state index is 0.00337. The van der Waals surface area contributed by atoms with E-state index in [2.05, 4.69) is 10.6 Å². The number of halogens is 1. The van der Waals surface area contributed by atoms with E-state index in [1.165, 1.54) is 23.5 Å². The van der Waals surface area contributed by atoms with Gasteiger partial charge in [0.2, 0.25) is 11.8 Å². The second kappa shape index (κ2) is 9.29. The molecule has 1 aliphatic carbocycles. The Hall–Kier alpha value is -3.22. The molecule has 162 valence electrons. The van der Waals surface area contributed by atoms with Gasteiger partial charge in [0.15, 0.2) is 0 Å². The first-order chi connectivity index (χ1) is 15.0. The maximum Gasteiger partial charge on any atom is 0.253 e. The molecule has 2 aliphatic rings. The molecule has 0 spiro atoms. The molecule has 2 aromatic rings. The molecule has 2 N–H and O–H groups in total. The van der Waals surface area contributed by atoms with Gasteiger partial charge in [-0.2, -0.15) is 0 Å². The largest absolute Gasteiger partial charge is 0.349 e. The molecule has 2 aromatic carbocycles. The summed E-state index contributed by atoms with van der Waals surface area (Å²) >= 11 is 0. The number of hydrogen-bond donors (Lipinski definition) is 2. The molecular weight excluding hydrogens is 397 g/mol. The number of carbonyl (C=O) groups excluding carboxylic acids is 3. The molecule has 3 amide bonds. The highest BCUT2D eigenvalue weighted by atomic mass is 19.1. The van der Waals surface area contributed by atoms with Crippen molar-refractivity contribution in [2.24, 2.45) is 5.92 Å². The van der Waals surface area contributed by atoms with Gasteiger partial charge in [-0.15, -0.1) is 0 Å². The normalized spacial score (nSPS) is 19.3. The number of nitrogens with one attached hydrogen (secondary N) is 2. The highest BCUT2D eigenvalue weighted by molar-refractivity contribution is 6.07. The smallest absolute Gasteiger partial charge is 0.253 e. The van der Waals surface area contributed by atoms with Crippen molar-refractivity contribution in [2.75, 3.05) is 16.8 Å². The molecule has 0 radical (unpaired) electrons. The zero-order valence-corrected chi connectivity index (χ0v) is 17.3. The number of anilines is 2. The lowest BCUT2D eigenvalue weighted by molar-refractivity contribution is -0.122. The van der Waals surface area contributed by atoms with Gasteiger partial charge < -0.3 is 15.5 Å². The molecule has 1 aliphatic heterocycles. The maximum atomic E-state index is 14.1. The first-order valence-electron chi connectivity index (χ1n) is 10.8. The number of para-hydroxylation sites is 2.